The summed E-state index contributed by atoms with van der Waals surface area (Å²) in [5.41, 5.74) is 6.76. The van der Waals surface area contributed by atoms with E-state index in [9.17, 15) is 9.59 Å². The topological polar surface area (TPSA) is 60.2 Å². The lowest BCUT2D eigenvalue weighted by Gasteiger charge is -2.20. The normalized spacial score (nSPS) is 13.2. The molecule has 0 bridgehead atoms. The lowest BCUT2D eigenvalue weighted by atomic mass is 9.83. The van der Waals surface area contributed by atoms with Crippen LogP contribution in [-0.4, -0.2) is 11.6 Å². The lowest BCUT2D eigenvalue weighted by molar-refractivity contribution is 0.0980. The molecule has 0 radical (unpaired) electrons. The maximum Gasteiger partial charge on any atom is 0.198 e. The van der Waals surface area contributed by atoms with Crippen LogP contribution in [0.1, 0.15) is 31.8 Å². The molecule has 0 saturated heterocycles. The molecule has 2 N–H and O–H groups in total. The molecule has 0 atom stereocenters. The second kappa shape index (κ2) is 4.08. The zero-order valence-electron chi connectivity index (χ0n) is 9.54. The number of hydrogen-bond acceptors (Lipinski definition) is 3. The fraction of sp³-hybridized carbons (Fsp3) is 0. The van der Waals surface area contributed by atoms with Gasteiger partial charge in [0.2, 0.25) is 0 Å². The summed E-state index contributed by atoms with van der Waals surface area (Å²) >= 11 is 12.0. The number of ketones is 2. The number of carbonyl (C=O) groups is 2. The minimum absolute atomic E-state index is 0.137. The summed E-state index contributed by atoms with van der Waals surface area (Å²) in [6.07, 6.45) is 0. The van der Waals surface area contributed by atoms with Crippen LogP contribution < -0.4 is 5.73 Å². The van der Waals surface area contributed by atoms with Gasteiger partial charge in [-0.1, -0.05) is 35.3 Å². The summed E-state index contributed by atoms with van der Waals surface area (Å²) in [4.78, 5) is 24.9. The maximum absolute atomic E-state index is 12.5. The molecule has 1 aliphatic carbocycles. The number of benzene rings is 2. The van der Waals surface area contributed by atoms with Crippen LogP contribution >= 0.6 is 23.2 Å². The van der Waals surface area contributed by atoms with Gasteiger partial charge in [0.05, 0.1) is 26.7 Å². The van der Waals surface area contributed by atoms with Crippen LogP contribution in [-0.2, 0) is 0 Å². The molecule has 0 saturated carbocycles. The molecule has 0 unspecified atom stereocenters. The molecule has 5 heteroatoms. The fourth-order valence-corrected chi connectivity index (χ4v) is 2.77. The number of anilines is 1. The number of rotatable bonds is 0. The highest BCUT2D eigenvalue weighted by atomic mass is 35.5. The summed E-state index contributed by atoms with van der Waals surface area (Å²) in [5.74, 6) is -0.695. The first-order valence-corrected chi connectivity index (χ1v) is 6.24. The molecule has 1 aliphatic rings. The van der Waals surface area contributed by atoms with E-state index < -0.39 is 0 Å². The molecule has 94 valence electrons. The Morgan fingerprint density at radius 2 is 1.47 bits per heavy atom. The number of carbonyl (C=O) groups excluding carboxylic acids is 2. The highest BCUT2D eigenvalue weighted by Crippen LogP contribution is 2.37. The van der Waals surface area contributed by atoms with E-state index in [1.165, 1.54) is 12.1 Å². The Balaban J connectivity index is 2.43. The van der Waals surface area contributed by atoms with Crippen LogP contribution in [0.2, 0.25) is 10.0 Å². The number of nitrogens with two attached hydrogens (primary N) is 1. The van der Waals surface area contributed by atoms with Crippen LogP contribution in [0.3, 0.4) is 0 Å². The Hall–Kier alpha value is -1.84. The molecule has 2 aromatic rings. The molecule has 2 aromatic carbocycles. The van der Waals surface area contributed by atoms with Gasteiger partial charge in [-0.25, -0.2) is 0 Å². The van der Waals surface area contributed by atoms with Gasteiger partial charge in [-0.2, -0.15) is 0 Å². The van der Waals surface area contributed by atoms with E-state index in [1.54, 1.807) is 18.2 Å². The minimum atomic E-state index is -0.366. The fourth-order valence-electron chi connectivity index (χ4n) is 2.26. The molecular formula is C14H7Cl2NO2. The average Bonchev–Trinajstić information content (AvgIpc) is 2.38. The summed E-state index contributed by atoms with van der Waals surface area (Å²) in [6, 6.07) is 7.77. The first-order chi connectivity index (χ1) is 9.02. The molecular weight excluding hydrogens is 285 g/mol. The van der Waals surface area contributed by atoms with Crippen molar-refractivity contribution in [2.45, 2.75) is 0 Å². The Morgan fingerprint density at radius 3 is 2.21 bits per heavy atom. The zero-order chi connectivity index (χ0) is 13.7. The summed E-state index contributed by atoms with van der Waals surface area (Å²) in [5, 5.41) is 0.453. The molecule has 3 nitrogen and oxygen atoms in total. The van der Waals surface area contributed by atoms with E-state index in [0.29, 0.717) is 0 Å². The molecule has 0 aromatic heterocycles. The molecule has 0 aliphatic heterocycles. The van der Waals surface area contributed by atoms with E-state index in [0.717, 1.165) is 0 Å². The number of nitrogen functional groups attached to an aromatic ring is 1. The standard InChI is InChI=1S/C14H7Cl2NO2/c15-7-3-1-2-6-10(7)14(19)12-9(17)5-4-8(16)11(12)13(6)18/h1-5H,17H2. The van der Waals surface area contributed by atoms with Gasteiger partial charge in [0.15, 0.2) is 11.6 Å². The van der Waals surface area contributed by atoms with Crippen molar-refractivity contribution >= 4 is 40.5 Å². The third kappa shape index (κ3) is 1.59. The number of fused-ring (bicyclic) bond motifs is 2. The van der Waals surface area contributed by atoms with Gasteiger partial charge in [0, 0.05) is 11.3 Å². The lowest BCUT2D eigenvalue weighted by Crippen LogP contribution is -2.23. The smallest absolute Gasteiger partial charge is 0.198 e. The van der Waals surface area contributed by atoms with Gasteiger partial charge in [-0.15, -0.1) is 0 Å². The maximum atomic E-state index is 12.5. The van der Waals surface area contributed by atoms with Crippen molar-refractivity contribution < 1.29 is 9.59 Å². The van der Waals surface area contributed by atoms with E-state index in [-0.39, 0.29) is 49.6 Å². The van der Waals surface area contributed by atoms with Gasteiger partial charge in [0.1, 0.15) is 0 Å². The average molecular weight is 292 g/mol. The van der Waals surface area contributed by atoms with Crippen LogP contribution in [0.15, 0.2) is 30.3 Å². The highest BCUT2D eigenvalue weighted by Gasteiger charge is 2.34. The highest BCUT2D eigenvalue weighted by molar-refractivity contribution is 6.43. The molecule has 3 rings (SSSR count). The Labute approximate surface area is 118 Å². The first-order valence-electron chi connectivity index (χ1n) is 5.48. The summed E-state index contributed by atoms with van der Waals surface area (Å²) in [7, 11) is 0. The van der Waals surface area contributed by atoms with Crippen molar-refractivity contribution in [1.29, 1.82) is 0 Å². The van der Waals surface area contributed by atoms with Crippen LogP contribution in [0.25, 0.3) is 0 Å². The van der Waals surface area contributed by atoms with E-state index >= 15 is 0 Å². The Kier molecular flexibility index (Phi) is 2.62. The van der Waals surface area contributed by atoms with Gasteiger partial charge >= 0.3 is 0 Å². The van der Waals surface area contributed by atoms with E-state index in [1.807, 2.05) is 0 Å². The van der Waals surface area contributed by atoms with E-state index in [4.69, 9.17) is 28.9 Å². The van der Waals surface area contributed by atoms with Crippen LogP contribution in [0.4, 0.5) is 5.69 Å². The van der Waals surface area contributed by atoms with Gasteiger partial charge in [0.25, 0.3) is 0 Å². The largest absolute Gasteiger partial charge is 0.398 e. The monoisotopic (exact) mass is 291 g/mol. The predicted octanol–water partition coefficient (Wildman–Crippen LogP) is 3.35. The van der Waals surface area contributed by atoms with Gasteiger partial charge in [-0.3, -0.25) is 9.59 Å². The van der Waals surface area contributed by atoms with E-state index in [2.05, 4.69) is 0 Å². The second-order valence-corrected chi connectivity index (χ2v) is 5.02. The molecule has 0 spiro atoms. The van der Waals surface area contributed by atoms with Gasteiger partial charge < -0.3 is 5.73 Å². The van der Waals surface area contributed by atoms with Crippen molar-refractivity contribution in [1.82, 2.24) is 0 Å². The molecule has 0 fully saturated rings. The van der Waals surface area contributed by atoms with Crippen molar-refractivity contribution in [2.75, 3.05) is 5.73 Å². The van der Waals surface area contributed by atoms with Crippen LogP contribution in [0.5, 0.6) is 0 Å². The number of hydrogen-bond donors (Lipinski definition) is 1. The molecule has 19 heavy (non-hydrogen) atoms. The number of halogens is 2. The third-order valence-electron chi connectivity index (χ3n) is 3.13. The molecule has 0 amide bonds. The zero-order valence-corrected chi connectivity index (χ0v) is 11.0. The third-order valence-corrected chi connectivity index (χ3v) is 3.76. The van der Waals surface area contributed by atoms with Gasteiger partial charge in [-0.05, 0) is 18.2 Å². The van der Waals surface area contributed by atoms with Crippen molar-refractivity contribution in [3.05, 3.63) is 62.6 Å². The van der Waals surface area contributed by atoms with Crippen molar-refractivity contribution in [3.8, 4) is 0 Å². The minimum Gasteiger partial charge on any atom is -0.398 e. The quantitative estimate of drug-likeness (QED) is 0.646. The van der Waals surface area contributed by atoms with Crippen molar-refractivity contribution in [3.63, 3.8) is 0 Å². The first kappa shape index (κ1) is 12.2. The Bertz CT molecular complexity index is 753. The predicted molar refractivity (Wildman–Crippen MR) is 74.2 cm³/mol. The van der Waals surface area contributed by atoms with Crippen molar-refractivity contribution in [2.24, 2.45) is 0 Å². The SMILES string of the molecule is Nc1ccc(Cl)c2c1C(=O)c1c(Cl)cccc1C2=O. The second-order valence-electron chi connectivity index (χ2n) is 4.21. The Morgan fingerprint density at radius 1 is 0.789 bits per heavy atom. The molecule has 0 heterocycles. The summed E-state index contributed by atoms with van der Waals surface area (Å²) < 4.78 is 0. The van der Waals surface area contributed by atoms with Crippen LogP contribution in [0, 0.1) is 0 Å². The summed E-state index contributed by atoms with van der Waals surface area (Å²) in [6.45, 7) is 0.